The molecule has 0 spiro atoms. The molecule has 0 amide bonds. The molecule has 0 bridgehead atoms. The number of benzene rings is 1. The minimum atomic E-state index is -0.198. The van der Waals surface area contributed by atoms with Gasteiger partial charge in [-0.3, -0.25) is 0 Å². The van der Waals surface area contributed by atoms with Crippen LogP contribution < -0.4 is 0 Å². The number of alkyl halides is 1. The monoisotopic (exact) mass is 225 g/mol. The van der Waals surface area contributed by atoms with E-state index in [0.717, 1.165) is 30.2 Å². The van der Waals surface area contributed by atoms with Crippen molar-refractivity contribution >= 4 is 22.5 Å². The van der Waals surface area contributed by atoms with E-state index < -0.39 is 0 Å². The zero-order valence-corrected chi connectivity index (χ0v) is 9.15. The molecule has 0 aliphatic rings. The lowest BCUT2D eigenvalue weighted by molar-refractivity contribution is 0.629. The fourth-order valence-electron chi connectivity index (χ4n) is 1.78. The third-order valence-electron chi connectivity index (χ3n) is 2.56. The lowest BCUT2D eigenvalue weighted by atomic mass is 10.1. The van der Waals surface area contributed by atoms with Crippen LogP contribution in [0.3, 0.4) is 0 Å². The van der Waals surface area contributed by atoms with Crippen LogP contribution in [0.25, 0.3) is 10.9 Å². The molecule has 0 aliphatic carbocycles. The number of halogens is 2. The molecule has 1 aromatic heterocycles. The summed E-state index contributed by atoms with van der Waals surface area (Å²) in [5, 5.41) is 1.12. The van der Waals surface area contributed by atoms with Gasteiger partial charge < -0.3 is 4.98 Å². The van der Waals surface area contributed by atoms with Gasteiger partial charge in [0.25, 0.3) is 0 Å². The van der Waals surface area contributed by atoms with Crippen LogP contribution in [0.1, 0.15) is 18.4 Å². The SMILES string of the molecule is Fc1ccc2c(CCCCCl)c[nH]c2c1. The maximum Gasteiger partial charge on any atom is 0.125 e. The van der Waals surface area contributed by atoms with Crippen molar-refractivity contribution in [3.63, 3.8) is 0 Å². The summed E-state index contributed by atoms with van der Waals surface area (Å²) >= 11 is 5.62. The van der Waals surface area contributed by atoms with Crippen molar-refractivity contribution in [3.8, 4) is 0 Å². The molecule has 1 nitrogen and oxygen atoms in total. The summed E-state index contributed by atoms with van der Waals surface area (Å²) in [5.41, 5.74) is 2.12. The highest BCUT2D eigenvalue weighted by Gasteiger charge is 2.03. The number of H-pyrrole nitrogens is 1. The van der Waals surface area contributed by atoms with Crippen LogP contribution in [0.4, 0.5) is 4.39 Å². The zero-order chi connectivity index (χ0) is 10.7. The molecule has 2 aromatic rings. The van der Waals surface area contributed by atoms with Gasteiger partial charge in [-0.1, -0.05) is 0 Å². The van der Waals surface area contributed by atoms with E-state index in [1.165, 1.54) is 17.7 Å². The molecule has 80 valence electrons. The van der Waals surface area contributed by atoms with Crippen LogP contribution in [0, 0.1) is 5.82 Å². The highest BCUT2D eigenvalue weighted by molar-refractivity contribution is 6.17. The van der Waals surface area contributed by atoms with Crippen molar-refractivity contribution in [3.05, 3.63) is 35.8 Å². The number of fused-ring (bicyclic) bond motifs is 1. The number of rotatable bonds is 4. The predicted octanol–water partition coefficient (Wildman–Crippen LogP) is 3.87. The predicted molar refractivity (Wildman–Crippen MR) is 61.9 cm³/mol. The Morgan fingerprint density at radius 1 is 1.27 bits per heavy atom. The minimum absolute atomic E-state index is 0.198. The molecule has 0 aliphatic heterocycles. The average molecular weight is 226 g/mol. The highest BCUT2D eigenvalue weighted by atomic mass is 35.5. The first-order valence-corrected chi connectivity index (χ1v) is 5.66. The smallest absolute Gasteiger partial charge is 0.125 e. The van der Waals surface area contributed by atoms with Crippen molar-refractivity contribution < 1.29 is 4.39 Å². The zero-order valence-electron chi connectivity index (χ0n) is 8.39. The van der Waals surface area contributed by atoms with E-state index in [9.17, 15) is 4.39 Å². The lowest BCUT2D eigenvalue weighted by Crippen LogP contribution is -1.84. The summed E-state index contributed by atoms with van der Waals surface area (Å²) < 4.78 is 12.9. The van der Waals surface area contributed by atoms with Gasteiger partial charge in [-0.15, -0.1) is 11.6 Å². The molecular formula is C12H13ClFN. The number of hydrogen-bond acceptors (Lipinski definition) is 0. The Morgan fingerprint density at radius 3 is 2.93 bits per heavy atom. The molecule has 1 aromatic carbocycles. The fraction of sp³-hybridized carbons (Fsp3) is 0.333. The number of aromatic amines is 1. The molecule has 0 atom stereocenters. The van der Waals surface area contributed by atoms with E-state index in [-0.39, 0.29) is 5.82 Å². The van der Waals surface area contributed by atoms with Crippen LogP contribution in [-0.2, 0) is 6.42 Å². The normalized spacial score (nSPS) is 11.1. The van der Waals surface area contributed by atoms with Gasteiger partial charge >= 0.3 is 0 Å². The van der Waals surface area contributed by atoms with Crippen molar-refractivity contribution in [1.29, 1.82) is 0 Å². The van der Waals surface area contributed by atoms with Gasteiger partial charge in [0.2, 0.25) is 0 Å². The molecule has 2 rings (SSSR count). The molecule has 0 fully saturated rings. The first-order chi connectivity index (χ1) is 7.31. The number of hydrogen-bond donors (Lipinski definition) is 1. The summed E-state index contributed by atoms with van der Waals surface area (Å²) in [4.78, 5) is 3.08. The summed E-state index contributed by atoms with van der Waals surface area (Å²) in [6, 6.07) is 4.86. The molecule has 3 heteroatoms. The highest BCUT2D eigenvalue weighted by Crippen LogP contribution is 2.20. The van der Waals surface area contributed by atoms with Crippen LogP contribution in [-0.4, -0.2) is 10.9 Å². The van der Waals surface area contributed by atoms with Gasteiger partial charge in [-0.05, 0) is 43.0 Å². The molecule has 15 heavy (non-hydrogen) atoms. The first kappa shape index (κ1) is 10.5. The van der Waals surface area contributed by atoms with E-state index in [2.05, 4.69) is 4.98 Å². The Morgan fingerprint density at radius 2 is 2.13 bits per heavy atom. The maximum absolute atomic E-state index is 12.9. The molecule has 0 saturated heterocycles. The second-order valence-electron chi connectivity index (χ2n) is 3.65. The largest absolute Gasteiger partial charge is 0.361 e. The average Bonchev–Trinajstić information content (AvgIpc) is 2.61. The van der Waals surface area contributed by atoms with Crippen LogP contribution in [0.5, 0.6) is 0 Å². The summed E-state index contributed by atoms with van der Waals surface area (Å²) in [6.45, 7) is 0. The third-order valence-corrected chi connectivity index (χ3v) is 2.83. The van der Waals surface area contributed by atoms with Gasteiger partial charge in [-0.2, -0.15) is 0 Å². The number of aryl methyl sites for hydroxylation is 1. The van der Waals surface area contributed by atoms with E-state index in [0.29, 0.717) is 5.88 Å². The molecule has 0 saturated carbocycles. The number of unbranched alkanes of at least 4 members (excludes halogenated alkanes) is 1. The molecule has 1 heterocycles. The second-order valence-corrected chi connectivity index (χ2v) is 4.03. The molecule has 1 N–H and O–H groups in total. The van der Waals surface area contributed by atoms with Crippen LogP contribution in [0.15, 0.2) is 24.4 Å². The Bertz CT molecular complexity index is 450. The van der Waals surface area contributed by atoms with E-state index >= 15 is 0 Å². The van der Waals surface area contributed by atoms with Crippen molar-refractivity contribution in [1.82, 2.24) is 4.98 Å². The summed E-state index contributed by atoms with van der Waals surface area (Å²) in [6.07, 6.45) is 5.06. The molecule has 0 unspecified atom stereocenters. The van der Waals surface area contributed by atoms with Crippen LogP contribution >= 0.6 is 11.6 Å². The first-order valence-electron chi connectivity index (χ1n) is 5.13. The quantitative estimate of drug-likeness (QED) is 0.601. The Hall–Kier alpha value is -1.02. The maximum atomic E-state index is 12.9. The summed E-state index contributed by atoms with van der Waals surface area (Å²) in [7, 11) is 0. The van der Waals surface area contributed by atoms with E-state index in [4.69, 9.17) is 11.6 Å². The van der Waals surface area contributed by atoms with Crippen LogP contribution in [0.2, 0.25) is 0 Å². The lowest BCUT2D eigenvalue weighted by Gasteiger charge is -1.97. The topological polar surface area (TPSA) is 15.8 Å². The Labute approximate surface area is 93.3 Å². The standard InChI is InChI=1S/C12H13ClFN/c13-6-2-1-3-9-8-15-12-7-10(14)4-5-11(9)12/h4-5,7-8,15H,1-3,6H2. The van der Waals surface area contributed by atoms with Crippen molar-refractivity contribution in [2.24, 2.45) is 0 Å². The Kier molecular flexibility index (Phi) is 3.27. The van der Waals surface area contributed by atoms with Crippen molar-refractivity contribution in [2.45, 2.75) is 19.3 Å². The van der Waals surface area contributed by atoms with Gasteiger partial charge in [0.1, 0.15) is 5.82 Å². The van der Waals surface area contributed by atoms with Crippen molar-refractivity contribution in [2.75, 3.05) is 5.88 Å². The molecule has 0 radical (unpaired) electrons. The van der Waals surface area contributed by atoms with E-state index in [1.807, 2.05) is 12.3 Å². The second kappa shape index (κ2) is 4.67. The number of aromatic nitrogens is 1. The third kappa shape index (κ3) is 2.32. The number of nitrogens with one attached hydrogen (secondary N) is 1. The van der Waals surface area contributed by atoms with Gasteiger partial charge in [0, 0.05) is 23.0 Å². The minimum Gasteiger partial charge on any atom is -0.361 e. The van der Waals surface area contributed by atoms with Gasteiger partial charge in [-0.25, -0.2) is 4.39 Å². The van der Waals surface area contributed by atoms with Gasteiger partial charge in [0.15, 0.2) is 0 Å². The summed E-state index contributed by atoms with van der Waals surface area (Å²) in [5.74, 6) is 0.508. The van der Waals surface area contributed by atoms with E-state index in [1.54, 1.807) is 0 Å². The fourth-order valence-corrected chi connectivity index (χ4v) is 1.96. The Balaban J connectivity index is 2.21. The molecular weight excluding hydrogens is 213 g/mol. The van der Waals surface area contributed by atoms with Gasteiger partial charge in [0.05, 0.1) is 0 Å².